The van der Waals surface area contributed by atoms with Crippen LogP contribution in [-0.4, -0.2) is 44.7 Å². The maximum atomic E-state index is 12.3. The fourth-order valence-electron chi connectivity index (χ4n) is 2.65. The van der Waals surface area contributed by atoms with E-state index in [0.29, 0.717) is 13.0 Å². The second kappa shape index (κ2) is 7.73. The van der Waals surface area contributed by atoms with Crippen LogP contribution in [0.25, 0.3) is 17.4 Å². The number of carbonyl (C=O) groups is 4. The first-order valence-corrected chi connectivity index (χ1v) is 9.09. The summed E-state index contributed by atoms with van der Waals surface area (Å²) < 4.78 is 5.62. The van der Waals surface area contributed by atoms with E-state index < -0.39 is 17.8 Å². The molecule has 2 amide bonds. The molecule has 144 valence electrons. The molecule has 0 unspecified atom stereocenters. The Hall–Kier alpha value is -3.33. The number of carbonyl (C=O) groups excluding carboxylic acids is 2. The summed E-state index contributed by atoms with van der Waals surface area (Å²) in [6.45, 7) is 2.20. The standard InChI is InChI=1S/C19H15NO7S/c1-2-5-20-16(21)15(28-19(20)26)9-13-3-4-14(27-13)10-6-11(17(22)23)8-12(7-10)18(24)25/h3-4,6-9H,2,5H2,1H3,(H,22,23)(H,24,25)/b15-9+. The molecule has 0 aliphatic carbocycles. The molecule has 0 bridgehead atoms. The SMILES string of the molecule is CCCN1C(=O)S/C(=C/c2ccc(-c3cc(C(=O)O)cc(C(=O)O)c3)o2)C1=O. The van der Waals surface area contributed by atoms with Crippen LogP contribution < -0.4 is 0 Å². The van der Waals surface area contributed by atoms with E-state index in [9.17, 15) is 29.4 Å². The summed E-state index contributed by atoms with van der Waals surface area (Å²) in [7, 11) is 0. The number of aromatic carboxylic acids is 2. The average molecular weight is 401 g/mol. The van der Waals surface area contributed by atoms with Crippen LogP contribution in [0.15, 0.2) is 39.7 Å². The molecule has 1 fully saturated rings. The van der Waals surface area contributed by atoms with Gasteiger partial charge in [-0.15, -0.1) is 0 Å². The van der Waals surface area contributed by atoms with Crippen molar-refractivity contribution in [2.24, 2.45) is 0 Å². The van der Waals surface area contributed by atoms with E-state index in [0.717, 1.165) is 22.7 Å². The number of imide groups is 1. The summed E-state index contributed by atoms with van der Waals surface area (Å²) in [6, 6.07) is 6.74. The molecular weight excluding hydrogens is 386 g/mol. The molecule has 0 atom stereocenters. The van der Waals surface area contributed by atoms with Gasteiger partial charge in [-0.05, 0) is 48.5 Å². The normalized spacial score (nSPS) is 15.5. The molecule has 0 spiro atoms. The molecule has 9 heteroatoms. The third-order valence-electron chi connectivity index (χ3n) is 3.93. The number of furan rings is 1. The van der Waals surface area contributed by atoms with Gasteiger partial charge in [0.25, 0.3) is 11.1 Å². The Balaban J connectivity index is 1.93. The Labute approximate surface area is 163 Å². The van der Waals surface area contributed by atoms with Gasteiger partial charge in [0.15, 0.2) is 0 Å². The summed E-state index contributed by atoms with van der Waals surface area (Å²) in [5.74, 6) is -2.39. The summed E-state index contributed by atoms with van der Waals surface area (Å²) in [4.78, 5) is 48.0. The summed E-state index contributed by atoms with van der Waals surface area (Å²) in [6.07, 6.45) is 2.09. The van der Waals surface area contributed by atoms with Crippen molar-refractivity contribution in [1.82, 2.24) is 4.90 Å². The van der Waals surface area contributed by atoms with Crippen molar-refractivity contribution in [2.45, 2.75) is 13.3 Å². The molecule has 2 N–H and O–H groups in total. The van der Waals surface area contributed by atoms with Crippen molar-refractivity contribution in [3.8, 4) is 11.3 Å². The monoisotopic (exact) mass is 401 g/mol. The van der Waals surface area contributed by atoms with Crippen molar-refractivity contribution in [1.29, 1.82) is 0 Å². The van der Waals surface area contributed by atoms with Crippen LogP contribution in [0.3, 0.4) is 0 Å². The lowest BCUT2D eigenvalue weighted by atomic mass is 10.0. The molecule has 1 aliphatic heterocycles. The fourth-order valence-corrected chi connectivity index (χ4v) is 3.49. The van der Waals surface area contributed by atoms with Gasteiger partial charge in [0.05, 0.1) is 16.0 Å². The molecular formula is C19H15NO7S. The molecule has 3 rings (SSSR count). The highest BCUT2D eigenvalue weighted by molar-refractivity contribution is 8.18. The van der Waals surface area contributed by atoms with Gasteiger partial charge in [-0.1, -0.05) is 6.92 Å². The van der Waals surface area contributed by atoms with E-state index in [1.807, 2.05) is 6.92 Å². The van der Waals surface area contributed by atoms with Gasteiger partial charge in [0, 0.05) is 18.2 Å². The van der Waals surface area contributed by atoms with E-state index in [1.54, 1.807) is 6.07 Å². The van der Waals surface area contributed by atoms with Gasteiger partial charge in [0.1, 0.15) is 11.5 Å². The van der Waals surface area contributed by atoms with Gasteiger partial charge < -0.3 is 14.6 Å². The van der Waals surface area contributed by atoms with Crippen molar-refractivity contribution < 1.29 is 33.8 Å². The molecule has 2 aromatic rings. The van der Waals surface area contributed by atoms with E-state index in [-0.39, 0.29) is 38.4 Å². The van der Waals surface area contributed by atoms with Crippen LogP contribution in [0.2, 0.25) is 0 Å². The molecule has 2 heterocycles. The Bertz CT molecular complexity index is 989. The van der Waals surface area contributed by atoms with Crippen LogP contribution in [0.4, 0.5) is 4.79 Å². The van der Waals surface area contributed by atoms with Gasteiger partial charge in [-0.3, -0.25) is 14.5 Å². The average Bonchev–Trinajstić information content (AvgIpc) is 3.22. The first kappa shape index (κ1) is 19.4. The number of benzene rings is 1. The minimum Gasteiger partial charge on any atom is -0.478 e. The van der Waals surface area contributed by atoms with Crippen LogP contribution >= 0.6 is 11.8 Å². The summed E-state index contributed by atoms with van der Waals surface area (Å²) in [5.41, 5.74) is -0.0990. The van der Waals surface area contributed by atoms with Crippen molar-refractivity contribution in [3.05, 3.63) is 52.1 Å². The van der Waals surface area contributed by atoms with Crippen LogP contribution in [-0.2, 0) is 4.79 Å². The van der Waals surface area contributed by atoms with Crippen molar-refractivity contribution in [3.63, 3.8) is 0 Å². The minimum absolute atomic E-state index is 0.187. The molecule has 8 nitrogen and oxygen atoms in total. The number of hydrogen-bond donors (Lipinski definition) is 2. The highest BCUT2D eigenvalue weighted by Gasteiger charge is 2.34. The van der Waals surface area contributed by atoms with Crippen molar-refractivity contribution >= 4 is 40.9 Å². The zero-order valence-corrected chi connectivity index (χ0v) is 15.5. The van der Waals surface area contributed by atoms with E-state index in [2.05, 4.69) is 0 Å². The number of hydrogen-bond acceptors (Lipinski definition) is 6. The third-order valence-corrected chi connectivity index (χ3v) is 4.84. The van der Waals surface area contributed by atoms with Gasteiger partial charge in [-0.2, -0.15) is 0 Å². The number of nitrogens with zero attached hydrogens (tertiary/aromatic N) is 1. The maximum Gasteiger partial charge on any atom is 0.335 e. The number of rotatable bonds is 6. The Morgan fingerprint density at radius 2 is 1.75 bits per heavy atom. The Morgan fingerprint density at radius 1 is 1.11 bits per heavy atom. The molecule has 1 aliphatic rings. The lowest BCUT2D eigenvalue weighted by Crippen LogP contribution is -2.28. The molecule has 0 saturated carbocycles. The Kier molecular flexibility index (Phi) is 5.36. The van der Waals surface area contributed by atoms with Crippen LogP contribution in [0.1, 0.15) is 39.8 Å². The topological polar surface area (TPSA) is 125 Å². The number of carboxylic acid groups (broad SMARTS) is 2. The van der Waals surface area contributed by atoms with Gasteiger partial charge >= 0.3 is 11.9 Å². The predicted molar refractivity (Wildman–Crippen MR) is 101 cm³/mol. The molecule has 28 heavy (non-hydrogen) atoms. The second-order valence-corrected chi connectivity index (χ2v) is 6.94. The maximum absolute atomic E-state index is 12.3. The lowest BCUT2D eigenvalue weighted by molar-refractivity contribution is -0.122. The fraction of sp³-hybridized carbons (Fsp3) is 0.158. The van der Waals surface area contributed by atoms with Gasteiger partial charge in [0.2, 0.25) is 0 Å². The third kappa shape index (κ3) is 3.84. The molecule has 1 aromatic carbocycles. The number of amides is 2. The Morgan fingerprint density at radius 3 is 2.32 bits per heavy atom. The summed E-state index contributed by atoms with van der Waals surface area (Å²) >= 11 is 0.817. The molecule has 1 aromatic heterocycles. The van der Waals surface area contributed by atoms with E-state index >= 15 is 0 Å². The predicted octanol–water partition coefficient (Wildman–Crippen LogP) is 3.79. The van der Waals surface area contributed by atoms with Gasteiger partial charge in [-0.25, -0.2) is 9.59 Å². The molecule has 1 saturated heterocycles. The number of thioether (sulfide) groups is 1. The van der Waals surface area contributed by atoms with Crippen LogP contribution in [0, 0.1) is 0 Å². The van der Waals surface area contributed by atoms with E-state index in [1.165, 1.54) is 24.3 Å². The first-order valence-electron chi connectivity index (χ1n) is 8.27. The lowest BCUT2D eigenvalue weighted by Gasteiger charge is -2.09. The first-order chi connectivity index (χ1) is 13.3. The highest BCUT2D eigenvalue weighted by Crippen LogP contribution is 2.33. The quantitative estimate of drug-likeness (QED) is 0.701. The minimum atomic E-state index is -1.26. The zero-order chi connectivity index (χ0) is 20.4. The smallest absolute Gasteiger partial charge is 0.335 e. The van der Waals surface area contributed by atoms with Crippen LogP contribution in [0.5, 0.6) is 0 Å². The second-order valence-electron chi connectivity index (χ2n) is 5.94. The largest absolute Gasteiger partial charge is 0.478 e. The molecule has 0 radical (unpaired) electrons. The van der Waals surface area contributed by atoms with E-state index in [4.69, 9.17) is 4.42 Å². The zero-order valence-electron chi connectivity index (χ0n) is 14.7. The number of carboxylic acids is 2. The van der Waals surface area contributed by atoms with Crippen molar-refractivity contribution in [2.75, 3.05) is 6.54 Å². The highest BCUT2D eigenvalue weighted by atomic mass is 32.2. The summed E-state index contributed by atoms with van der Waals surface area (Å²) in [5, 5.41) is 18.0.